The molecule has 1 amide bonds. The van der Waals surface area contributed by atoms with E-state index in [1.54, 1.807) is 0 Å². The summed E-state index contributed by atoms with van der Waals surface area (Å²) in [6.07, 6.45) is -4.58. The van der Waals surface area contributed by atoms with Gasteiger partial charge in [0, 0.05) is 0 Å². The van der Waals surface area contributed by atoms with Crippen LogP contribution >= 0.6 is 0 Å². The van der Waals surface area contributed by atoms with E-state index in [9.17, 15) is 22.8 Å². The molecule has 0 radical (unpaired) electrons. The third-order valence-corrected chi connectivity index (χ3v) is 3.13. The van der Waals surface area contributed by atoms with Gasteiger partial charge in [-0.05, 0) is 30.3 Å². The van der Waals surface area contributed by atoms with Crippen molar-refractivity contribution in [1.82, 2.24) is 0 Å². The predicted octanol–water partition coefficient (Wildman–Crippen LogP) is 3.51. The summed E-state index contributed by atoms with van der Waals surface area (Å²) in [6.45, 7) is -0.517. The van der Waals surface area contributed by atoms with E-state index in [0.717, 1.165) is 12.1 Å². The highest BCUT2D eigenvalue weighted by Crippen LogP contribution is 2.34. The zero-order chi connectivity index (χ0) is 18.4. The molecule has 2 rings (SSSR count). The Balaban J connectivity index is 2.02. The molecule has 8 heteroatoms. The van der Waals surface area contributed by atoms with E-state index in [-0.39, 0.29) is 17.0 Å². The van der Waals surface area contributed by atoms with Gasteiger partial charge in [-0.15, -0.1) is 0 Å². The van der Waals surface area contributed by atoms with Gasteiger partial charge in [-0.25, -0.2) is 4.79 Å². The van der Waals surface area contributed by atoms with Crippen molar-refractivity contribution in [2.45, 2.75) is 6.18 Å². The van der Waals surface area contributed by atoms with E-state index in [2.05, 4.69) is 10.1 Å². The number of hydrogen-bond donors (Lipinski definition) is 1. The number of carbonyl (C=O) groups excluding carboxylic acids is 2. The summed E-state index contributed by atoms with van der Waals surface area (Å²) in [5.74, 6) is -1.13. The minimum atomic E-state index is -4.58. The first-order valence-corrected chi connectivity index (χ1v) is 7.08. The molecular formula is C17H14F3NO4. The lowest BCUT2D eigenvalue weighted by molar-refractivity contribution is -0.137. The van der Waals surface area contributed by atoms with E-state index in [1.165, 1.54) is 43.5 Å². The molecule has 0 unspecified atom stereocenters. The third kappa shape index (κ3) is 4.97. The van der Waals surface area contributed by atoms with E-state index < -0.39 is 30.2 Å². The maximum absolute atomic E-state index is 12.9. The van der Waals surface area contributed by atoms with Crippen LogP contribution < -0.4 is 10.1 Å². The van der Waals surface area contributed by atoms with E-state index in [1.807, 2.05) is 0 Å². The summed E-state index contributed by atoms with van der Waals surface area (Å²) in [5.41, 5.74) is -1.08. The van der Waals surface area contributed by atoms with Crippen LogP contribution in [0.1, 0.15) is 15.9 Å². The van der Waals surface area contributed by atoms with Crippen LogP contribution in [0.3, 0.4) is 0 Å². The second-order valence-electron chi connectivity index (χ2n) is 4.90. The summed E-state index contributed by atoms with van der Waals surface area (Å²) in [7, 11) is 1.22. The van der Waals surface area contributed by atoms with Gasteiger partial charge in [-0.2, -0.15) is 13.2 Å². The quantitative estimate of drug-likeness (QED) is 0.836. The van der Waals surface area contributed by atoms with Gasteiger partial charge in [0.05, 0.1) is 23.9 Å². The van der Waals surface area contributed by atoms with Crippen molar-refractivity contribution in [3.05, 3.63) is 59.7 Å². The Bertz CT molecular complexity index is 774. The number of nitrogens with one attached hydrogen (secondary N) is 1. The van der Waals surface area contributed by atoms with Crippen molar-refractivity contribution in [3.63, 3.8) is 0 Å². The normalized spacial score (nSPS) is 10.9. The topological polar surface area (TPSA) is 64.6 Å². The predicted molar refractivity (Wildman–Crippen MR) is 83.4 cm³/mol. The van der Waals surface area contributed by atoms with Crippen LogP contribution in [0.5, 0.6) is 5.75 Å². The summed E-state index contributed by atoms with van der Waals surface area (Å²) >= 11 is 0. The maximum atomic E-state index is 12.9. The van der Waals surface area contributed by atoms with Gasteiger partial charge in [0.25, 0.3) is 5.91 Å². The van der Waals surface area contributed by atoms with Gasteiger partial charge in [-0.3, -0.25) is 4.79 Å². The molecule has 25 heavy (non-hydrogen) atoms. The maximum Gasteiger partial charge on any atom is 0.418 e. The smallest absolute Gasteiger partial charge is 0.418 e. The van der Waals surface area contributed by atoms with Crippen molar-refractivity contribution in [3.8, 4) is 5.75 Å². The average Bonchev–Trinajstić information content (AvgIpc) is 2.59. The highest BCUT2D eigenvalue weighted by atomic mass is 19.4. The molecule has 0 saturated carbocycles. The molecule has 0 bridgehead atoms. The van der Waals surface area contributed by atoms with Crippen molar-refractivity contribution in [2.24, 2.45) is 0 Å². The van der Waals surface area contributed by atoms with Gasteiger partial charge in [0.15, 0.2) is 6.61 Å². The van der Waals surface area contributed by atoms with Crippen LogP contribution in [0, 0.1) is 0 Å². The van der Waals surface area contributed by atoms with E-state index in [0.29, 0.717) is 0 Å². The van der Waals surface area contributed by atoms with Gasteiger partial charge >= 0.3 is 12.1 Å². The number of esters is 1. The fourth-order valence-electron chi connectivity index (χ4n) is 2.01. The zero-order valence-corrected chi connectivity index (χ0v) is 13.1. The highest BCUT2D eigenvalue weighted by molar-refractivity contribution is 5.93. The van der Waals surface area contributed by atoms with Crippen LogP contribution in [0.15, 0.2) is 48.5 Å². The minimum absolute atomic E-state index is 0.210. The first-order chi connectivity index (χ1) is 11.8. The number of rotatable bonds is 5. The SMILES string of the molecule is COC(=O)c1cccc(OCC(=O)Nc2ccccc2C(F)(F)F)c1. The van der Waals surface area contributed by atoms with E-state index in [4.69, 9.17) is 4.74 Å². The molecular weight excluding hydrogens is 339 g/mol. The number of alkyl halides is 3. The summed E-state index contributed by atoms with van der Waals surface area (Å²) in [6, 6.07) is 10.5. The average molecular weight is 353 g/mol. The molecule has 0 saturated heterocycles. The minimum Gasteiger partial charge on any atom is -0.484 e. The Kier molecular flexibility index (Phi) is 5.63. The van der Waals surface area contributed by atoms with Gasteiger partial charge < -0.3 is 14.8 Å². The summed E-state index contributed by atoms with van der Waals surface area (Å²) < 4.78 is 48.4. The van der Waals surface area contributed by atoms with Crippen molar-refractivity contribution < 1.29 is 32.2 Å². The number of para-hydroxylation sites is 1. The Hall–Kier alpha value is -3.03. The van der Waals surface area contributed by atoms with Gasteiger partial charge in [0.1, 0.15) is 5.75 Å². The molecule has 0 aliphatic heterocycles. The monoisotopic (exact) mass is 353 g/mol. The molecule has 0 atom stereocenters. The molecule has 0 heterocycles. The van der Waals surface area contributed by atoms with Gasteiger partial charge in [-0.1, -0.05) is 18.2 Å². The lowest BCUT2D eigenvalue weighted by Gasteiger charge is -2.14. The number of ether oxygens (including phenoxy) is 2. The lowest BCUT2D eigenvalue weighted by atomic mass is 10.1. The van der Waals surface area contributed by atoms with Crippen LogP contribution in [0.25, 0.3) is 0 Å². The van der Waals surface area contributed by atoms with Crippen LogP contribution in [-0.4, -0.2) is 25.6 Å². The number of halogens is 3. The first-order valence-electron chi connectivity index (χ1n) is 7.08. The standard InChI is InChI=1S/C17H14F3NO4/c1-24-16(23)11-5-4-6-12(9-11)25-10-15(22)21-14-8-3-2-7-13(14)17(18,19)20/h2-9H,10H2,1H3,(H,21,22). The largest absolute Gasteiger partial charge is 0.484 e. The van der Waals surface area contributed by atoms with Crippen molar-refractivity contribution in [1.29, 1.82) is 0 Å². The molecule has 2 aromatic carbocycles. The van der Waals surface area contributed by atoms with Crippen molar-refractivity contribution >= 4 is 17.6 Å². The Morgan fingerprint density at radius 2 is 1.80 bits per heavy atom. The molecule has 0 aliphatic rings. The first kappa shape index (κ1) is 18.3. The van der Waals surface area contributed by atoms with Gasteiger partial charge in [0.2, 0.25) is 0 Å². The third-order valence-electron chi connectivity index (χ3n) is 3.13. The number of benzene rings is 2. The molecule has 0 aliphatic carbocycles. The van der Waals surface area contributed by atoms with Crippen molar-refractivity contribution in [2.75, 3.05) is 19.0 Å². The van der Waals surface area contributed by atoms with Crippen LogP contribution in [0.2, 0.25) is 0 Å². The Morgan fingerprint density at radius 3 is 2.48 bits per heavy atom. The fourth-order valence-corrected chi connectivity index (χ4v) is 2.01. The summed E-state index contributed by atoms with van der Waals surface area (Å²) in [5, 5.41) is 2.16. The number of amides is 1. The second-order valence-corrected chi connectivity index (χ2v) is 4.90. The number of anilines is 1. The zero-order valence-electron chi connectivity index (χ0n) is 13.1. The molecule has 2 aromatic rings. The number of methoxy groups -OCH3 is 1. The van der Waals surface area contributed by atoms with E-state index >= 15 is 0 Å². The highest BCUT2D eigenvalue weighted by Gasteiger charge is 2.33. The second kappa shape index (κ2) is 7.69. The summed E-state index contributed by atoms with van der Waals surface area (Å²) in [4.78, 5) is 23.3. The molecule has 0 spiro atoms. The molecule has 132 valence electrons. The Labute approximate surface area is 141 Å². The van der Waals surface area contributed by atoms with Crippen LogP contribution in [-0.2, 0) is 15.7 Å². The van der Waals surface area contributed by atoms with Crippen LogP contribution in [0.4, 0.5) is 18.9 Å². The molecule has 5 nitrogen and oxygen atoms in total. The lowest BCUT2D eigenvalue weighted by Crippen LogP contribution is -2.22. The Morgan fingerprint density at radius 1 is 1.08 bits per heavy atom. The fraction of sp³-hybridized carbons (Fsp3) is 0.176. The number of hydrogen-bond acceptors (Lipinski definition) is 4. The molecule has 0 fully saturated rings. The molecule has 0 aromatic heterocycles. The molecule has 1 N–H and O–H groups in total. The number of carbonyl (C=O) groups is 2.